The molecule has 0 N–H and O–H groups in total. The van der Waals surface area contributed by atoms with Gasteiger partial charge in [0.2, 0.25) is 0 Å². The van der Waals surface area contributed by atoms with Crippen LogP contribution in [0.4, 0.5) is 0 Å². The third-order valence-electron chi connectivity index (χ3n) is 1.93. The average molecular weight is 132 g/mol. The fourth-order valence-corrected chi connectivity index (χ4v) is 1.28. The number of hydrogen-bond acceptors (Lipinski definition) is 0. The lowest BCUT2D eigenvalue weighted by Gasteiger charge is -2.15. The van der Waals surface area contributed by atoms with Gasteiger partial charge in [-0.1, -0.05) is 23.6 Å². The molecule has 0 heteroatoms. The average Bonchev–Trinajstić information content (AvgIpc) is 1.88. The van der Waals surface area contributed by atoms with E-state index in [0.717, 1.165) is 19.3 Å². The Balaban J connectivity index is 2.83. The summed E-state index contributed by atoms with van der Waals surface area (Å²) in [7, 11) is 0. The van der Waals surface area contributed by atoms with Crippen molar-refractivity contribution in [1.29, 1.82) is 0 Å². The van der Waals surface area contributed by atoms with Gasteiger partial charge in [-0.15, -0.1) is 6.42 Å². The minimum Gasteiger partial charge on any atom is -0.115 e. The Hall–Kier alpha value is -0.960. The first-order valence-corrected chi connectivity index (χ1v) is 3.56. The van der Waals surface area contributed by atoms with Crippen LogP contribution in [-0.2, 0) is 0 Å². The van der Waals surface area contributed by atoms with Crippen LogP contribution in [0.2, 0.25) is 0 Å². The molecule has 0 nitrogen and oxygen atoms in total. The molecule has 1 aliphatic rings. The zero-order valence-electron chi connectivity index (χ0n) is 6.41. The summed E-state index contributed by atoms with van der Waals surface area (Å²) in [5.74, 6) is 2.71. The fourth-order valence-electron chi connectivity index (χ4n) is 1.28. The van der Waals surface area contributed by atoms with Gasteiger partial charge in [0.25, 0.3) is 0 Å². The largest absolute Gasteiger partial charge is 0.115 e. The number of rotatable bonds is 0. The molecule has 0 atom stereocenters. The number of hydrogen-bond donors (Lipinski definition) is 0. The molecule has 0 saturated carbocycles. The Labute approximate surface area is 62.6 Å². The van der Waals surface area contributed by atoms with Crippen LogP contribution in [0, 0.1) is 12.3 Å². The van der Waals surface area contributed by atoms with Gasteiger partial charge in [-0.25, -0.2) is 0 Å². The minimum absolute atomic E-state index is 1.01. The summed E-state index contributed by atoms with van der Waals surface area (Å²) in [5, 5.41) is 0. The van der Waals surface area contributed by atoms with Crippen molar-refractivity contribution in [2.24, 2.45) is 0 Å². The summed E-state index contributed by atoms with van der Waals surface area (Å²) in [5.41, 5.74) is 3.84. The molecule has 0 saturated heterocycles. The normalized spacial score (nSPS) is 19.0. The Morgan fingerprint density at radius 3 is 2.70 bits per heavy atom. The molecule has 0 aromatic heterocycles. The first-order chi connectivity index (χ1) is 4.74. The van der Waals surface area contributed by atoms with Gasteiger partial charge in [-0.3, -0.25) is 0 Å². The van der Waals surface area contributed by atoms with E-state index in [1.165, 1.54) is 16.7 Å². The maximum absolute atomic E-state index is 5.30. The summed E-state index contributed by atoms with van der Waals surface area (Å²) in [4.78, 5) is 0. The fraction of sp³-hybridized carbons (Fsp3) is 0.400. The van der Waals surface area contributed by atoms with E-state index in [1.54, 1.807) is 0 Å². The summed E-state index contributed by atoms with van der Waals surface area (Å²) in [6.45, 7) is 6.03. The molecule has 0 aromatic rings. The van der Waals surface area contributed by atoms with E-state index in [0.29, 0.717) is 0 Å². The van der Waals surface area contributed by atoms with Crippen molar-refractivity contribution in [2.45, 2.75) is 26.2 Å². The number of terminal acetylenes is 1. The molecule has 1 rings (SSSR count). The third-order valence-corrected chi connectivity index (χ3v) is 1.93. The Kier molecular flexibility index (Phi) is 1.97. The standard InChI is InChI=1S/C10H12/c1-4-10-6-5-8(2)7-9(10)3/h1H,2,5-7H2,3H3. The van der Waals surface area contributed by atoms with Crippen LogP contribution in [-0.4, -0.2) is 0 Å². The second-order valence-electron chi connectivity index (χ2n) is 2.83. The van der Waals surface area contributed by atoms with Gasteiger partial charge in [0.1, 0.15) is 0 Å². The van der Waals surface area contributed by atoms with E-state index in [4.69, 9.17) is 6.42 Å². The van der Waals surface area contributed by atoms with E-state index >= 15 is 0 Å². The quantitative estimate of drug-likeness (QED) is 0.351. The van der Waals surface area contributed by atoms with E-state index in [2.05, 4.69) is 19.4 Å². The molecular formula is C10H12. The molecule has 0 bridgehead atoms. The lowest BCUT2D eigenvalue weighted by Crippen LogP contribution is -1.97. The number of allylic oxidation sites excluding steroid dienone is 3. The van der Waals surface area contributed by atoms with Crippen LogP contribution in [0.1, 0.15) is 26.2 Å². The topological polar surface area (TPSA) is 0 Å². The molecule has 0 aromatic carbocycles. The van der Waals surface area contributed by atoms with E-state index in [9.17, 15) is 0 Å². The third kappa shape index (κ3) is 1.30. The first kappa shape index (κ1) is 7.15. The summed E-state index contributed by atoms with van der Waals surface area (Å²) in [6.07, 6.45) is 8.42. The van der Waals surface area contributed by atoms with E-state index in [-0.39, 0.29) is 0 Å². The zero-order chi connectivity index (χ0) is 7.56. The van der Waals surface area contributed by atoms with Crippen LogP contribution in [0.15, 0.2) is 23.3 Å². The second kappa shape index (κ2) is 2.75. The smallest absolute Gasteiger partial charge is 0.00132 e. The predicted molar refractivity (Wildman–Crippen MR) is 44.5 cm³/mol. The van der Waals surface area contributed by atoms with Crippen LogP contribution in [0.3, 0.4) is 0 Å². The van der Waals surface area contributed by atoms with Gasteiger partial charge in [-0.05, 0) is 26.2 Å². The Morgan fingerprint density at radius 1 is 1.50 bits per heavy atom. The van der Waals surface area contributed by atoms with Gasteiger partial charge in [-0.2, -0.15) is 0 Å². The Morgan fingerprint density at radius 2 is 2.20 bits per heavy atom. The van der Waals surface area contributed by atoms with Gasteiger partial charge < -0.3 is 0 Å². The van der Waals surface area contributed by atoms with Crippen LogP contribution in [0.25, 0.3) is 0 Å². The molecule has 10 heavy (non-hydrogen) atoms. The highest BCUT2D eigenvalue weighted by atomic mass is 14.1. The molecule has 0 fully saturated rings. The molecule has 0 radical (unpaired) electrons. The molecule has 0 amide bonds. The lowest BCUT2D eigenvalue weighted by atomic mass is 9.90. The molecule has 1 aliphatic carbocycles. The lowest BCUT2D eigenvalue weighted by molar-refractivity contribution is 0.841. The monoisotopic (exact) mass is 132 g/mol. The molecule has 0 aliphatic heterocycles. The predicted octanol–water partition coefficient (Wildman–Crippen LogP) is 2.68. The molecule has 0 unspecified atom stereocenters. The SMILES string of the molecule is C#CC1=C(C)CC(=C)CC1. The van der Waals surface area contributed by atoms with Gasteiger partial charge in [0, 0.05) is 5.57 Å². The maximum atomic E-state index is 5.30. The van der Waals surface area contributed by atoms with Crippen LogP contribution >= 0.6 is 0 Å². The molecule has 0 heterocycles. The molecular weight excluding hydrogens is 120 g/mol. The van der Waals surface area contributed by atoms with E-state index in [1.807, 2.05) is 0 Å². The van der Waals surface area contributed by atoms with Gasteiger partial charge in [0.15, 0.2) is 0 Å². The molecule has 0 spiro atoms. The van der Waals surface area contributed by atoms with Gasteiger partial charge in [0.05, 0.1) is 0 Å². The Bertz CT molecular complexity index is 223. The first-order valence-electron chi connectivity index (χ1n) is 3.56. The highest BCUT2D eigenvalue weighted by Crippen LogP contribution is 2.26. The van der Waals surface area contributed by atoms with Gasteiger partial charge >= 0.3 is 0 Å². The highest BCUT2D eigenvalue weighted by molar-refractivity contribution is 5.35. The zero-order valence-corrected chi connectivity index (χ0v) is 6.41. The molecule has 52 valence electrons. The summed E-state index contributed by atoms with van der Waals surface area (Å²) >= 11 is 0. The summed E-state index contributed by atoms with van der Waals surface area (Å²) < 4.78 is 0. The van der Waals surface area contributed by atoms with E-state index < -0.39 is 0 Å². The highest BCUT2D eigenvalue weighted by Gasteiger charge is 2.08. The van der Waals surface area contributed by atoms with Crippen LogP contribution < -0.4 is 0 Å². The van der Waals surface area contributed by atoms with Crippen molar-refractivity contribution in [3.8, 4) is 12.3 Å². The van der Waals surface area contributed by atoms with Crippen molar-refractivity contribution in [3.63, 3.8) is 0 Å². The van der Waals surface area contributed by atoms with Crippen molar-refractivity contribution in [3.05, 3.63) is 23.3 Å². The maximum Gasteiger partial charge on any atom is 0.00132 e. The second-order valence-corrected chi connectivity index (χ2v) is 2.83. The van der Waals surface area contributed by atoms with Crippen molar-refractivity contribution in [1.82, 2.24) is 0 Å². The minimum atomic E-state index is 1.01. The summed E-state index contributed by atoms with van der Waals surface area (Å²) in [6, 6.07) is 0. The van der Waals surface area contributed by atoms with Crippen LogP contribution in [0.5, 0.6) is 0 Å². The van der Waals surface area contributed by atoms with Crippen molar-refractivity contribution in [2.75, 3.05) is 0 Å². The van der Waals surface area contributed by atoms with Crippen molar-refractivity contribution < 1.29 is 0 Å². The van der Waals surface area contributed by atoms with Crippen molar-refractivity contribution >= 4 is 0 Å².